The largest absolute Gasteiger partial charge is 0.480 e. The molecule has 0 bridgehead atoms. The summed E-state index contributed by atoms with van der Waals surface area (Å²) >= 11 is 5.87. The number of rotatable bonds is 8. The number of piperidine rings is 1. The first-order chi connectivity index (χ1) is 16.4. The van der Waals surface area contributed by atoms with Crippen molar-refractivity contribution < 1.29 is 18.3 Å². The van der Waals surface area contributed by atoms with E-state index in [0.717, 1.165) is 25.2 Å². The maximum Gasteiger partial charge on any atom is 0.265 e. The Balaban J connectivity index is 1.58. The molecule has 180 valence electrons. The molecule has 4 rings (SSSR count). The highest BCUT2D eigenvalue weighted by Crippen LogP contribution is 2.32. The lowest BCUT2D eigenvalue weighted by atomic mass is 9.99. The van der Waals surface area contributed by atoms with Crippen molar-refractivity contribution in [1.29, 1.82) is 0 Å². The van der Waals surface area contributed by atoms with Gasteiger partial charge in [0, 0.05) is 29.4 Å². The van der Waals surface area contributed by atoms with Crippen LogP contribution < -0.4 is 15.0 Å². The smallest absolute Gasteiger partial charge is 0.265 e. The van der Waals surface area contributed by atoms with Crippen molar-refractivity contribution in [3.05, 3.63) is 47.5 Å². The summed E-state index contributed by atoms with van der Waals surface area (Å²) in [5, 5.41) is 17.3. The quantitative estimate of drug-likeness (QED) is 0.471. The van der Waals surface area contributed by atoms with Crippen LogP contribution in [0.3, 0.4) is 0 Å². The van der Waals surface area contributed by atoms with E-state index in [4.69, 9.17) is 16.3 Å². The van der Waals surface area contributed by atoms with Gasteiger partial charge in [-0.25, -0.2) is 8.78 Å². The third-order valence-corrected chi connectivity index (χ3v) is 5.90. The minimum Gasteiger partial charge on any atom is -0.480 e. The predicted molar refractivity (Wildman–Crippen MR) is 125 cm³/mol. The van der Waals surface area contributed by atoms with E-state index >= 15 is 0 Å². The summed E-state index contributed by atoms with van der Waals surface area (Å²) in [7, 11) is 0. The highest BCUT2D eigenvalue weighted by molar-refractivity contribution is 6.30. The number of nitrogens with one attached hydrogen (secondary N) is 2. The monoisotopic (exact) mass is 490 g/mol. The van der Waals surface area contributed by atoms with Crippen LogP contribution >= 0.6 is 11.6 Å². The molecule has 0 radical (unpaired) electrons. The van der Waals surface area contributed by atoms with Crippen LogP contribution in [-0.4, -0.2) is 52.2 Å². The second-order valence-corrected chi connectivity index (χ2v) is 8.77. The fourth-order valence-electron chi connectivity index (χ4n) is 3.98. The summed E-state index contributed by atoms with van der Waals surface area (Å²) < 4.78 is 32.0. The summed E-state index contributed by atoms with van der Waals surface area (Å²) in [6.45, 7) is 4.06. The molecule has 3 aromatic rings. The number of carbonyl (C=O) groups excluding carboxylic acids is 1. The van der Waals surface area contributed by atoms with Gasteiger partial charge in [0.2, 0.25) is 12.2 Å². The van der Waals surface area contributed by atoms with Crippen LogP contribution in [0.1, 0.15) is 26.2 Å². The first-order valence-electron chi connectivity index (χ1n) is 11.0. The molecule has 0 spiro atoms. The van der Waals surface area contributed by atoms with Crippen LogP contribution in [0.2, 0.25) is 5.02 Å². The zero-order valence-corrected chi connectivity index (χ0v) is 19.3. The first-order valence-corrected chi connectivity index (χ1v) is 11.4. The predicted octanol–water partition coefficient (Wildman–Crippen LogP) is 4.80. The van der Waals surface area contributed by atoms with Gasteiger partial charge in [-0.05, 0) is 66.4 Å². The van der Waals surface area contributed by atoms with Gasteiger partial charge in [0.05, 0.1) is 12.1 Å². The number of amides is 1. The molecule has 2 N–H and O–H groups in total. The number of carbonyl (C=O) groups is 1. The second-order valence-electron chi connectivity index (χ2n) is 8.34. The molecule has 2 atom stereocenters. The van der Waals surface area contributed by atoms with Crippen LogP contribution in [0.5, 0.6) is 5.75 Å². The highest BCUT2D eigenvalue weighted by Gasteiger charge is 2.27. The van der Waals surface area contributed by atoms with E-state index in [1.165, 1.54) is 18.6 Å². The molecule has 1 aliphatic heterocycles. The molecular formula is C23H25ClF2N6O2. The van der Waals surface area contributed by atoms with Crippen molar-refractivity contribution >= 4 is 28.9 Å². The van der Waals surface area contributed by atoms with Gasteiger partial charge in [-0.15, -0.1) is 10.2 Å². The van der Waals surface area contributed by atoms with Crippen LogP contribution in [0.15, 0.2) is 42.5 Å². The van der Waals surface area contributed by atoms with Crippen molar-refractivity contribution in [3.63, 3.8) is 0 Å². The lowest BCUT2D eigenvalue weighted by Gasteiger charge is -2.33. The van der Waals surface area contributed by atoms with Crippen molar-refractivity contribution in [1.82, 2.24) is 20.6 Å². The standard InChI is InChI=1S/C23H25ClF2N6O2/c1-14-3-2-10-32(13-14)16-6-9-19(18(11-16)22-28-30-31-29-22)27-23(33)20(12-21(25)26)34-17-7-4-15(24)5-8-17/h4-9,11,14,20-21H,2-3,10,12-13H2,1H3,(H,27,33)(H,28,29,30,31)/t14-,20+/m1/s1. The van der Waals surface area contributed by atoms with Crippen molar-refractivity contribution in [3.8, 4) is 17.1 Å². The maximum atomic E-state index is 13.2. The number of alkyl halides is 2. The highest BCUT2D eigenvalue weighted by atomic mass is 35.5. The SMILES string of the molecule is C[C@@H]1CCCN(c2ccc(NC(=O)[C@H](CC(F)F)Oc3ccc(Cl)cc3)c(-c3nn[nH]n3)c2)C1. The minimum atomic E-state index is -2.73. The Morgan fingerprint density at radius 2 is 2.09 bits per heavy atom. The Hall–Kier alpha value is -3.27. The summed E-state index contributed by atoms with van der Waals surface area (Å²) in [5.74, 6) is 0.408. The first kappa shape index (κ1) is 23.9. The van der Waals surface area contributed by atoms with E-state index in [1.54, 1.807) is 18.2 Å². The number of aromatic nitrogens is 4. The van der Waals surface area contributed by atoms with Gasteiger partial charge < -0.3 is 15.0 Å². The Kier molecular flexibility index (Phi) is 7.56. The number of hydrogen-bond donors (Lipinski definition) is 2. The zero-order chi connectivity index (χ0) is 24.1. The molecule has 8 nitrogen and oxygen atoms in total. The average Bonchev–Trinajstić information content (AvgIpc) is 3.35. The van der Waals surface area contributed by atoms with Gasteiger partial charge in [-0.3, -0.25) is 4.79 Å². The zero-order valence-electron chi connectivity index (χ0n) is 18.5. The molecular weight excluding hydrogens is 466 g/mol. The molecule has 2 aromatic carbocycles. The van der Waals surface area contributed by atoms with Crippen molar-refractivity contribution in [2.45, 2.75) is 38.7 Å². The molecule has 0 unspecified atom stereocenters. The van der Waals surface area contributed by atoms with Crippen LogP contribution in [0.25, 0.3) is 11.4 Å². The number of benzene rings is 2. The van der Waals surface area contributed by atoms with Crippen molar-refractivity contribution in [2.75, 3.05) is 23.3 Å². The molecule has 0 aliphatic carbocycles. The fraction of sp³-hybridized carbons (Fsp3) is 0.391. The van der Waals surface area contributed by atoms with Gasteiger partial charge in [0.15, 0.2) is 6.10 Å². The molecule has 34 heavy (non-hydrogen) atoms. The molecule has 1 fully saturated rings. The molecule has 1 aliphatic rings. The number of tetrazole rings is 1. The van der Waals surface area contributed by atoms with Crippen molar-refractivity contribution in [2.24, 2.45) is 5.92 Å². The summed E-state index contributed by atoms with van der Waals surface area (Å²) in [4.78, 5) is 15.3. The normalized spacial score (nSPS) is 17.0. The molecule has 2 heterocycles. The number of hydrogen-bond acceptors (Lipinski definition) is 6. The number of H-pyrrole nitrogens is 1. The topological polar surface area (TPSA) is 96.0 Å². The summed E-state index contributed by atoms with van der Waals surface area (Å²) in [6.07, 6.45) is -2.64. The lowest BCUT2D eigenvalue weighted by molar-refractivity contribution is -0.124. The van der Waals surface area contributed by atoms with E-state index in [9.17, 15) is 13.6 Å². The lowest BCUT2D eigenvalue weighted by Crippen LogP contribution is -2.35. The maximum absolute atomic E-state index is 13.2. The van der Waals surface area contributed by atoms with Gasteiger partial charge in [0.1, 0.15) is 5.75 Å². The Labute approximate surface area is 200 Å². The number of halogens is 3. The van der Waals surface area contributed by atoms with E-state index in [1.807, 2.05) is 12.1 Å². The number of ether oxygens (including phenoxy) is 1. The van der Waals surface area contributed by atoms with Crippen LogP contribution in [0.4, 0.5) is 20.2 Å². The Morgan fingerprint density at radius 3 is 2.76 bits per heavy atom. The Bertz CT molecular complexity index is 1100. The Morgan fingerprint density at radius 1 is 1.29 bits per heavy atom. The molecule has 1 amide bonds. The third-order valence-electron chi connectivity index (χ3n) is 5.65. The fourth-order valence-corrected chi connectivity index (χ4v) is 4.11. The number of anilines is 2. The third kappa shape index (κ3) is 5.99. The second kappa shape index (κ2) is 10.8. The van der Waals surface area contributed by atoms with E-state index < -0.39 is 24.9 Å². The van der Waals surface area contributed by atoms with E-state index in [0.29, 0.717) is 22.2 Å². The van der Waals surface area contributed by atoms with E-state index in [2.05, 4.69) is 37.8 Å². The van der Waals surface area contributed by atoms with Crippen LogP contribution in [-0.2, 0) is 4.79 Å². The van der Waals surface area contributed by atoms with E-state index in [-0.39, 0.29) is 11.6 Å². The summed E-state index contributed by atoms with van der Waals surface area (Å²) in [5.41, 5.74) is 1.87. The molecule has 11 heteroatoms. The summed E-state index contributed by atoms with van der Waals surface area (Å²) in [6, 6.07) is 11.6. The molecule has 1 aromatic heterocycles. The van der Waals surface area contributed by atoms with Gasteiger partial charge >= 0.3 is 0 Å². The molecule has 1 saturated heterocycles. The van der Waals surface area contributed by atoms with Crippen LogP contribution in [0, 0.1) is 5.92 Å². The van der Waals surface area contributed by atoms with Gasteiger partial charge in [0.25, 0.3) is 5.91 Å². The van der Waals surface area contributed by atoms with Gasteiger partial charge in [-0.1, -0.05) is 18.5 Å². The minimum absolute atomic E-state index is 0.262. The van der Waals surface area contributed by atoms with Gasteiger partial charge in [-0.2, -0.15) is 5.21 Å². The molecule has 0 saturated carbocycles. The average molecular weight is 491 g/mol. The number of aromatic amines is 1. The number of nitrogens with zero attached hydrogens (tertiary/aromatic N) is 4.